The highest BCUT2D eigenvalue weighted by molar-refractivity contribution is 5.75. The van der Waals surface area contributed by atoms with Gasteiger partial charge < -0.3 is 34.3 Å². The zero-order valence-electron chi connectivity index (χ0n) is 18.6. The molecule has 1 aliphatic carbocycles. The third-order valence-electron chi connectivity index (χ3n) is 4.88. The summed E-state index contributed by atoms with van der Waals surface area (Å²) in [7, 11) is 1.60. The lowest BCUT2D eigenvalue weighted by molar-refractivity contribution is -0.150. The normalized spacial score (nSPS) is 18.9. The minimum Gasteiger partial charge on any atom is -0.466 e. The van der Waals surface area contributed by atoms with Crippen LogP contribution in [0.25, 0.3) is 0 Å². The van der Waals surface area contributed by atoms with E-state index in [1.165, 1.54) is 0 Å². The zero-order chi connectivity index (χ0) is 21.9. The molecule has 0 aromatic heterocycles. The zero-order valence-corrected chi connectivity index (χ0v) is 18.6. The van der Waals surface area contributed by atoms with Crippen molar-refractivity contribution >= 4 is 11.9 Å². The fraction of sp³-hybridized carbons (Fsp3) is 0.905. The van der Waals surface area contributed by atoms with Gasteiger partial charge in [-0.2, -0.15) is 0 Å². The molecule has 1 rings (SSSR count). The Morgan fingerprint density at radius 3 is 2.00 bits per heavy atom. The van der Waals surface area contributed by atoms with Gasteiger partial charge in [-0.05, 0) is 19.8 Å². The van der Waals surface area contributed by atoms with Gasteiger partial charge >= 0.3 is 5.97 Å². The third kappa shape index (κ3) is 13.1. The van der Waals surface area contributed by atoms with Gasteiger partial charge in [-0.15, -0.1) is 0 Å². The molecule has 0 radical (unpaired) electrons. The Morgan fingerprint density at radius 1 is 0.833 bits per heavy atom. The van der Waals surface area contributed by atoms with Gasteiger partial charge in [0, 0.05) is 26.1 Å². The second-order valence-electron chi connectivity index (χ2n) is 7.08. The molecule has 1 aliphatic rings. The number of hydrogen-bond donors (Lipinski definition) is 2. The number of amides is 1. The molecule has 1 saturated carbocycles. The van der Waals surface area contributed by atoms with Crippen LogP contribution in [0.3, 0.4) is 0 Å². The van der Waals surface area contributed by atoms with E-state index in [9.17, 15) is 9.59 Å². The van der Waals surface area contributed by atoms with Gasteiger partial charge in [0.05, 0.1) is 65.4 Å². The topological polar surface area (TPSA) is 104 Å². The second kappa shape index (κ2) is 18.5. The summed E-state index contributed by atoms with van der Waals surface area (Å²) >= 11 is 0. The first kappa shape index (κ1) is 26.8. The van der Waals surface area contributed by atoms with E-state index in [0.717, 1.165) is 25.7 Å². The molecule has 9 heteroatoms. The molecule has 2 N–H and O–H groups in total. The van der Waals surface area contributed by atoms with Crippen LogP contribution in [0.1, 0.15) is 39.0 Å². The van der Waals surface area contributed by atoms with E-state index in [1.807, 2.05) is 6.92 Å². The van der Waals surface area contributed by atoms with Crippen LogP contribution in [0, 0.1) is 5.92 Å². The molecule has 176 valence electrons. The third-order valence-corrected chi connectivity index (χ3v) is 4.88. The average molecular weight is 433 g/mol. The number of carbonyl (C=O) groups excluding carboxylic acids is 2. The van der Waals surface area contributed by atoms with E-state index in [1.54, 1.807) is 7.05 Å². The highest BCUT2D eigenvalue weighted by Gasteiger charge is 2.31. The minimum atomic E-state index is -0.0818. The van der Waals surface area contributed by atoms with E-state index >= 15 is 0 Å². The van der Waals surface area contributed by atoms with Gasteiger partial charge in [0.1, 0.15) is 0 Å². The molecule has 0 aromatic carbocycles. The van der Waals surface area contributed by atoms with E-state index < -0.39 is 0 Å². The van der Waals surface area contributed by atoms with Crippen LogP contribution in [-0.4, -0.2) is 91.0 Å². The lowest BCUT2D eigenvalue weighted by Gasteiger charge is -2.30. The number of carbonyl (C=O) groups is 2. The first-order chi connectivity index (χ1) is 14.7. The Morgan fingerprint density at radius 2 is 1.40 bits per heavy atom. The lowest BCUT2D eigenvalue weighted by atomic mass is 9.84. The maximum atomic E-state index is 12.1. The van der Waals surface area contributed by atoms with Gasteiger partial charge in [-0.3, -0.25) is 9.59 Å². The summed E-state index contributed by atoms with van der Waals surface area (Å²) < 4.78 is 26.9. The summed E-state index contributed by atoms with van der Waals surface area (Å²) in [5, 5.41) is 5.98. The van der Waals surface area contributed by atoms with E-state index in [0.29, 0.717) is 72.4 Å². The molecule has 0 heterocycles. The Bertz CT molecular complexity index is 451. The summed E-state index contributed by atoms with van der Waals surface area (Å²) in [5.74, 6) is -0.151. The highest BCUT2D eigenvalue weighted by atomic mass is 16.6. The van der Waals surface area contributed by atoms with Crippen molar-refractivity contribution in [1.29, 1.82) is 0 Å². The predicted molar refractivity (Wildman–Crippen MR) is 112 cm³/mol. The van der Waals surface area contributed by atoms with Crippen LogP contribution in [-0.2, 0) is 33.3 Å². The van der Waals surface area contributed by atoms with Gasteiger partial charge in [0.2, 0.25) is 5.91 Å². The molecule has 1 amide bonds. The van der Waals surface area contributed by atoms with Crippen LogP contribution in [0.2, 0.25) is 0 Å². The molecule has 0 saturated heterocycles. The minimum absolute atomic E-state index is 0.0304. The molecule has 2 unspecified atom stereocenters. The first-order valence-electron chi connectivity index (χ1n) is 11.1. The van der Waals surface area contributed by atoms with Crippen molar-refractivity contribution in [2.75, 3.05) is 73.1 Å². The molecule has 0 bridgehead atoms. The number of hydrogen-bond acceptors (Lipinski definition) is 8. The van der Waals surface area contributed by atoms with E-state index in [2.05, 4.69) is 10.6 Å². The maximum Gasteiger partial charge on any atom is 0.310 e. The quantitative estimate of drug-likeness (QED) is 0.243. The van der Waals surface area contributed by atoms with E-state index in [4.69, 9.17) is 23.7 Å². The van der Waals surface area contributed by atoms with Gasteiger partial charge in [-0.1, -0.05) is 12.8 Å². The molecular formula is C21H40N2O7. The number of esters is 1. The van der Waals surface area contributed by atoms with Gasteiger partial charge in [0.25, 0.3) is 0 Å². The molecular weight excluding hydrogens is 392 g/mol. The second-order valence-corrected chi connectivity index (χ2v) is 7.08. The lowest BCUT2D eigenvalue weighted by Crippen LogP contribution is -2.44. The molecule has 0 aromatic rings. The number of rotatable bonds is 18. The van der Waals surface area contributed by atoms with Crippen molar-refractivity contribution in [2.24, 2.45) is 5.92 Å². The molecule has 30 heavy (non-hydrogen) atoms. The Balaban J connectivity index is 1.87. The predicted octanol–water partition coefficient (Wildman–Crippen LogP) is 0.900. The maximum absolute atomic E-state index is 12.1. The van der Waals surface area contributed by atoms with Crippen molar-refractivity contribution in [2.45, 2.75) is 45.1 Å². The van der Waals surface area contributed by atoms with Crippen molar-refractivity contribution in [3.63, 3.8) is 0 Å². The Labute approximate surface area is 180 Å². The average Bonchev–Trinajstić information content (AvgIpc) is 2.76. The fourth-order valence-electron chi connectivity index (χ4n) is 3.27. The van der Waals surface area contributed by atoms with Crippen molar-refractivity contribution in [3.05, 3.63) is 0 Å². The monoisotopic (exact) mass is 432 g/mol. The van der Waals surface area contributed by atoms with Gasteiger partial charge in [-0.25, -0.2) is 0 Å². The molecule has 1 fully saturated rings. The summed E-state index contributed by atoms with van der Waals surface area (Å²) in [6.45, 7) is 6.95. The molecule has 9 nitrogen and oxygen atoms in total. The summed E-state index contributed by atoms with van der Waals surface area (Å²) in [4.78, 5) is 23.0. The first-order valence-corrected chi connectivity index (χ1v) is 11.1. The van der Waals surface area contributed by atoms with Crippen LogP contribution in [0.4, 0.5) is 0 Å². The number of ether oxygens (including phenoxy) is 5. The van der Waals surface area contributed by atoms with Crippen molar-refractivity contribution in [1.82, 2.24) is 10.6 Å². The standard InChI is InChI=1S/C21H40N2O7/c1-3-30-21(25)18-6-4-5-7-19(18)23-9-11-27-13-15-29-17-16-28-14-12-26-10-8-20(24)22-2/h18-19,23H,3-17H2,1-2H3,(H,22,24). The van der Waals surface area contributed by atoms with Crippen molar-refractivity contribution in [3.8, 4) is 0 Å². The van der Waals surface area contributed by atoms with Crippen LogP contribution < -0.4 is 10.6 Å². The van der Waals surface area contributed by atoms with Crippen molar-refractivity contribution < 1.29 is 33.3 Å². The Kier molecular flexibility index (Phi) is 16.5. The number of nitrogens with one attached hydrogen (secondary N) is 2. The highest BCUT2D eigenvalue weighted by Crippen LogP contribution is 2.25. The molecule has 0 aliphatic heterocycles. The molecule has 2 atom stereocenters. The SMILES string of the molecule is CCOC(=O)C1CCCCC1NCCOCCOCCOCCOCCC(=O)NC. The Hall–Kier alpha value is -1.26. The van der Waals surface area contributed by atoms with Crippen LogP contribution in [0.15, 0.2) is 0 Å². The van der Waals surface area contributed by atoms with Crippen LogP contribution >= 0.6 is 0 Å². The fourth-order valence-corrected chi connectivity index (χ4v) is 3.27. The summed E-state index contributed by atoms with van der Waals surface area (Å²) in [6, 6.07) is 0.183. The van der Waals surface area contributed by atoms with E-state index in [-0.39, 0.29) is 23.8 Å². The van der Waals surface area contributed by atoms with Gasteiger partial charge in [0.15, 0.2) is 0 Å². The molecule has 0 spiro atoms. The largest absolute Gasteiger partial charge is 0.466 e. The summed E-state index contributed by atoms with van der Waals surface area (Å²) in [6.07, 6.45) is 4.50. The van der Waals surface area contributed by atoms with Crippen LogP contribution in [0.5, 0.6) is 0 Å². The summed E-state index contributed by atoms with van der Waals surface area (Å²) in [5.41, 5.74) is 0. The smallest absolute Gasteiger partial charge is 0.310 e.